The summed E-state index contributed by atoms with van der Waals surface area (Å²) >= 11 is 0. The van der Waals surface area contributed by atoms with Gasteiger partial charge in [0.15, 0.2) is 0 Å². The van der Waals surface area contributed by atoms with E-state index in [9.17, 15) is 22.0 Å². The lowest BCUT2D eigenvalue weighted by atomic mass is 10.0. The van der Waals surface area contributed by atoms with Crippen molar-refractivity contribution in [2.75, 3.05) is 13.6 Å². The van der Waals surface area contributed by atoms with E-state index in [-0.39, 0.29) is 0 Å². The Morgan fingerprint density at radius 3 is 2.61 bits per heavy atom. The number of halogens is 5. The molecule has 1 aliphatic rings. The number of hydrogen-bond donors (Lipinski definition) is 0. The molecule has 3 heterocycles. The third-order valence-corrected chi connectivity index (χ3v) is 5.20. The maximum absolute atomic E-state index is 14.5. The van der Waals surface area contributed by atoms with E-state index in [4.69, 9.17) is 0 Å². The lowest BCUT2D eigenvalue weighted by molar-refractivity contribution is -0.141. The van der Waals surface area contributed by atoms with Gasteiger partial charge in [0.25, 0.3) is 0 Å². The molecule has 0 bridgehead atoms. The van der Waals surface area contributed by atoms with Crippen molar-refractivity contribution in [1.29, 1.82) is 0 Å². The Bertz CT molecular complexity index is 1020. The number of likely N-dealkylation sites (N-methyl/N-ethyl adjacent to an activating group) is 1. The third-order valence-electron chi connectivity index (χ3n) is 5.20. The van der Waals surface area contributed by atoms with E-state index in [2.05, 4.69) is 9.88 Å². The van der Waals surface area contributed by atoms with Gasteiger partial charge in [-0.25, -0.2) is 8.78 Å². The molecule has 0 radical (unpaired) electrons. The van der Waals surface area contributed by atoms with E-state index in [0.717, 1.165) is 29.9 Å². The Morgan fingerprint density at radius 1 is 1.14 bits per heavy atom. The van der Waals surface area contributed by atoms with Gasteiger partial charge in [0.05, 0.1) is 5.52 Å². The van der Waals surface area contributed by atoms with Crippen LogP contribution in [0.1, 0.15) is 22.5 Å². The molecule has 3 nitrogen and oxygen atoms in total. The monoisotopic (exact) mass is 395 g/mol. The van der Waals surface area contributed by atoms with Gasteiger partial charge in [-0.15, -0.1) is 0 Å². The van der Waals surface area contributed by atoms with E-state index < -0.39 is 23.5 Å². The lowest BCUT2D eigenvalue weighted by Gasteiger charge is -2.24. The van der Waals surface area contributed by atoms with Crippen LogP contribution in [0.25, 0.3) is 10.9 Å². The maximum atomic E-state index is 14.5. The summed E-state index contributed by atoms with van der Waals surface area (Å²) in [6, 6.07) is 4.55. The average Bonchev–Trinajstić information content (AvgIpc) is 2.92. The fourth-order valence-electron chi connectivity index (χ4n) is 3.86. The number of nitrogens with zero attached hydrogens (tertiary/aromatic N) is 3. The summed E-state index contributed by atoms with van der Waals surface area (Å²) in [5.74, 6) is -1.23. The Labute approximate surface area is 158 Å². The van der Waals surface area contributed by atoms with Crippen LogP contribution in [0.3, 0.4) is 0 Å². The molecule has 0 spiro atoms. The zero-order chi connectivity index (χ0) is 20.1. The van der Waals surface area contributed by atoms with E-state index in [1.165, 1.54) is 18.3 Å². The molecule has 0 aliphatic carbocycles. The molecule has 1 aliphatic heterocycles. The first-order chi connectivity index (χ1) is 13.2. The largest absolute Gasteiger partial charge is 0.433 e. The van der Waals surface area contributed by atoms with Gasteiger partial charge in [-0.05, 0) is 36.7 Å². The molecule has 0 N–H and O–H groups in total. The third kappa shape index (κ3) is 3.37. The summed E-state index contributed by atoms with van der Waals surface area (Å²) in [4.78, 5) is 5.56. The van der Waals surface area contributed by atoms with Gasteiger partial charge in [0.2, 0.25) is 0 Å². The van der Waals surface area contributed by atoms with Crippen LogP contribution in [0.5, 0.6) is 0 Å². The smallest absolute Gasteiger partial charge is 0.344 e. The predicted octanol–water partition coefficient (Wildman–Crippen LogP) is 4.56. The number of aryl methyl sites for hydroxylation is 2. The molecule has 3 aromatic rings. The van der Waals surface area contributed by atoms with Gasteiger partial charge in [-0.3, -0.25) is 4.98 Å². The first kappa shape index (κ1) is 18.9. The highest BCUT2D eigenvalue weighted by Crippen LogP contribution is 2.33. The van der Waals surface area contributed by atoms with Crippen molar-refractivity contribution in [1.82, 2.24) is 14.5 Å². The van der Waals surface area contributed by atoms with Crippen molar-refractivity contribution in [3.8, 4) is 0 Å². The van der Waals surface area contributed by atoms with Crippen LogP contribution in [0.4, 0.5) is 22.0 Å². The topological polar surface area (TPSA) is 21.1 Å². The van der Waals surface area contributed by atoms with Crippen LogP contribution in [-0.4, -0.2) is 28.0 Å². The molecule has 28 heavy (non-hydrogen) atoms. The number of rotatable bonds is 3. The molecule has 0 amide bonds. The van der Waals surface area contributed by atoms with E-state index in [0.29, 0.717) is 42.4 Å². The molecule has 0 fully saturated rings. The van der Waals surface area contributed by atoms with Gasteiger partial charge in [0, 0.05) is 49.4 Å². The Balaban J connectivity index is 1.69. The van der Waals surface area contributed by atoms with Crippen molar-refractivity contribution >= 4 is 10.9 Å². The molecule has 0 atom stereocenters. The summed E-state index contributed by atoms with van der Waals surface area (Å²) in [6.45, 7) is 1.78. The standard InChI is InChI=1S/C20H18F5N3/c1-27-6-5-16-14(11-27)19-15(22)8-13(21)9-17(19)28(16)7-4-12-2-3-18(26-10-12)20(23,24)25/h2-3,8-10H,4-7,11H2,1H3. The number of aromatic nitrogens is 2. The Morgan fingerprint density at radius 2 is 1.93 bits per heavy atom. The van der Waals surface area contributed by atoms with Crippen LogP contribution in [0, 0.1) is 11.6 Å². The zero-order valence-electron chi connectivity index (χ0n) is 15.2. The Hall–Kier alpha value is -2.48. The first-order valence-corrected chi connectivity index (χ1v) is 8.93. The predicted molar refractivity (Wildman–Crippen MR) is 94.8 cm³/mol. The molecular formula is C20H18F5N3. The highest BCUT2D eigenvalue weighted by molar-refractivity contribution is 5.86. The second kappa shape index (κ2) is 6.84. The summed E-state index contributed by atoms with van der Waals surface area (Å²) in [7, 11) is 1.95. The highest BCUT2D eigenvalue weighted by Gasteiger charge is 2.32. The van der Waals surface area contributed by atoms with Crippen molar-refractivity contribution in [3.63, 3.8) is 0 Å². The van der Waals surface area contributed by atoms with Crippen LogP contribution in [-0.2, 0) is 32.1 Å². The molecule has 1 aromatic carbocycles. The Kier molecular flexibility index (Phi) is 4.61. The minimum atomic E-state index is -4.48. The summed E-state index contributed by atoms with van der Waals surface area (Å²) < 4.78 is 68.2. The minimum absolute atomic E-state index is 0.408. The summed E-state index contributed by atoms with van der Waals surface area (Å²) in [5.41, 5.74) is 1.99. The van der Waals surface area contributed by atoms with Crippen molar-refractivity contribution in [2.45, 2.75) is 32.1 Å². The SMILES string of the molecule is CN1CCc2c(c3c(F)cc(F)cc3n2CCc2ccc(C(F)(F)F)nc2)C1. The molecule has 4 rings (SSSR count). The number of alkyl halides is 3. The maximum Gasteiger partial charge on any atom is 0.433 e. The van der Waals surface area contributed by atoms with Crippen LogP contribution in [0.15, 0.2) is 30.5 Å². The van der Waals surface area contributed by atoms with Crippen molar-refractivity contribution in [3.05, 3.63) is 64.6 Å². The fraction of sp³-hybridized carbons (Fsp3) is 0.350. The lowest BCUT2D eigenvalue weighted by Crippen LogP contribution is -2.27. The molecule has 2 aromatic heterocycles. The number of benzene rings is 1. The minimum Gasteiger partial charge on any atom is -0.344 e. The first-order valence-electron chi connectivity index (χ1n) is 8.93. The number of pyridine rings is 1. The normalized spacial score (nSPS) is 15.2. The molecular weight excluding hydrogens is 377 g/mol. The molecule has 0 saturated heterocycles. The molecule has 0 unspecified atom stereocenters. The van der Waals surface area contributed by atoms with Gasteiger partial charge in [0.1, 0.15) is 17.3 Å². The summed E-state index contributed by atoms with van der Waals surface area (Å²) in [6.07, 6.45) is -2.16. The van der Waals surface area contributed by atoms with Crippen molar-refractivity contribution in [2.24, 2.45) is 0 Å². The number of fused-ring (bicyclic) bond motifs is 3. The highest BCUT2D eigenvalue weighted by atomic mass is 19.4. The second-order valence-electron chi connectivity index (χ2n) is 7.15. The van der Waals surface area contributed by atoms with Crippen LogP contribution in [0.2, 0.25) is 0 Å². The second-order valence-corrected chi connectivity index (χ2v) is 7.15. The van der Waals surface area contributed by atoms with Gasteiger partial charge >= 0.3 is 6.18 Å². The molecule has 0 saturated carbocycles. The molecule has 8 heteroatoms. The van der Waals surface area contributed by atoms with Gasteiger partial charge in [-0.1, -0.05) is 6.07 Å². The van der Waals surface area contributed by atoms with E-state index in [1.807, 2.05) is 11.6 Å². The van der Waals surface area contributed by atoms with Crippen molar-refractivity contribution < 1.29 is 22.0 Å². The fourth-order valence-corrected chi connectivity index (χ4v) is 3.86. The number of hydrogen-bond acceptors (Lipinski definition) is 2. The zero-order valence-corrected chi connectivity index (χ0v) is 15.2. The van der Waals surface area contributed by atoms with Crippen LogP contribution < -0.4 is 0 Å². The van der Waals surface area contributed by atoms with Crippen LogP contribution >= 0.6 is 0 Å². The average molecular weight is 395 g/mol. The van der Waals surface area contributed by atoms with E-state index >= 15 is 0 Å². The van der Waals surface area contributed by atoms with Gasteiger partial charge < -0.3 is 9.47 Å². The van der Waals surface area contributed by atoms with E-state index in [1.54, 1.807) is 0 Å². The molecule has 148 valence electrons. The quantitative estimate of drug-likeness (QED) is 0.606. The summed E-state index contributed by atoms with van der Waals surface area (Å²) in [5, 5.41) is 0.425. The van der Waals surface area contributed by atoms with Gasteiger partial charge in [-0.2, -0.15) is 13.2 Å².